The third-order valence-corrected chi connectivity index (χ3v) is 11.9. The number of hydrogen-bond acceptors (Lipinski definition) is 2. The highest BCUT2D eigenvalue weighted by molar-refractivity contribution is 7.21. The smallest absolute Gasteiger partial charge is 0.212 e. The minimum atomic E-state index is -1.29. The van der Waals surface area contributed by atoms with Gasteiger partial charge in [0.05, 0.1) is 0 Å². The first-order valence-electron chi connectivity index (χ1n) is 11.1. The summed E-state index contributed by atoms with van der Waals surface area (Å²) in [6, 6.07) is 2.52. The zero-order valence-corrected chi connectivity index (χ0v) is 22.5. The zero-order chi connectivity index (χ0) is 20.8. The fraction of sp³-hybridized carbons (Fsp3) is 1.00. The van der Waals surface area contributed by atoms with E-state index in [9.17, 15) is 0 Å². The highest BCUT2D eigenvalue weighted by atomic mass is 28.3. The molecule has 1 aliphatic heterocycles. The molecule has 1 rings (SSSR count). The Morgan fingerprint density at radius 3 is 0.808 bits per heavy atom. The van der Waals surface area contributed by atoms with Crippen molar-refractivity contribution >= 4 is 29.8 Å². The first-order chi connectivity index (χ1) is 11.5. The van der Waals surface area contributed by atoms with Gasteiger partial charge < -0.3 is 9.62 Å². The van der Waals surface area contributed by atoms with Crippen molar-refractivity contribution in [3.05, 3.63) is 0 Å². The molecule has 0 bridgehead atoms. The second kappa shape index (κ2) is 8.46. The maximum atomic E-state index is 2.89. The first kappa shape index (κ1) is 24.5. The maximum Gasteiger partial charge on any atom is 0.212 e. The molecule has 152 valence electrons. The Kier molecular flexibility index (Phi) is 7.98. The van der Waals surface area contributed by atoms with Gasteiger partial charge in [0.25, 0.3) is 0 Å². The topological polar surface area (TPSA) is 6.48 Å². The van der Waals surface area contributed by atoms with Crippen LogP contribution < -0.4 is 0 Å². The molecule has 1 saturated heterocycles. The molecule has 2 nitrogen and oxygen atoms in total. The highest BCUT2D eigenvalue weighted by Gasteiger charge is 2.67. The molecule has 1 fully saturated rings. The van der Waals surface area contributed by atoms with E-state index in [0.29, 0.717) is 24.2 Å². The SMILES string of the molecule is CC(C)N(B1C([Si](C)(C)C)B(N(C(C)C)C(C)C)C1[Si](C)(C)C)C(C)C. The van der Waals surface area contributed by atoms with Crippen LogP contribution in [0.25, 0.3) is 0 Å². The van der Waals surface area contributed by atoms with Crippen molar-refractivity contribution in [1.82, 2.24) is 9.62 Å². The average Bonchev–Trinajstić information content (AvgIpc) is 2.30. The molecule has 0 aromatic heterocycles. The van der Waals surface area contributed by atoms with Crippen LogP contribution in [0, 0.1) is 0 Å². The quantitative estimate of drug-likeness (QED) is 0.481. The van der Waals surface area contributed by atoms with Gasteiger partial charge in [0, 0.05) is 16.1 Å². The minimum absolute atomic E-state index is 0.630. The molecule has 1 aliphatic rings. The summed E-state index contributed by atoms with van der Waals surface area (Å²) in [7, 11) is -2.58. The molecular weight excluding hydrogens is 346 g/mol. The van der Waals surface area contributed by atoms with E-state index in [4.69, 9.17) is 0 Å². The van der Waals surface area contributed by atoms with Crippen molar-refractivity contribution in [3.63, 3.8) is 0 Å². The van der Waals surface area contributed by atoms with E-state index in [1.54, 1.807) is 0 Å². The maximum absolute atomic E-state index is 2.89. The predicted molar refractivity (Wildman–Crippen MR) is 130 cm³/mol. The summed E-state index contributed by atoms with van der Waals surface area (Å²) in [5, 5.41) is 1.74. The Balaban J connectivity index is 3.53. The van der Waals surface area contributed by atoms with E-state index in [-0.39, 0.29) is 0 Å². The van der Waals surface area contributed by atoms with Gasteiger partial charge in [-0.3, -0.25) is 0 Å². The Labute approximate surface area is 169 Å². The molecule has 0 aromatic rings. The molecule has 0 aliphatic carbocycles. The fourth-order valence-corrected chi connectivity index (χ4v) is 12.1. The van der Waals surface area contributed by atoms with Crippen molar-refractivity contribution in [3.8, 4) is 0 Å². The summed E-state index contributed by atoms with van der Waals surface area (Å²) in [5.41, 5.74) is 0. The fourth-order valence-electron chi connectivity index (χ4n) is 6.07. The van der Waals surface area contributed by atoms with E-state index in [2.05, 4.69) is 104 Å². The first-order valence-corrected chi connectivity index (χ1v) is 18.2. The van der Waals surface area contributed by atoms with E-state index in [1.807, 2.05) is 0 Å². The Hall–Kier alpha value is 0.484. The van der Waals surface area contributed by atoms with Crippen molar-refractivity contribution in [2.45, 2.75) is 130 Å². The van der Waals surface area contributed by atoms with Crippen LogP contribution >= 0.6 is 0 Å². The monoisotopic (exact) mass is 394 g/mol. The van der Waals surface area contributed by atoms with E-state index >= 15 is 0 Å². The van der Waals surface area contributed by atoms with Gasteiger partial charge in [-0.1, -0.05) is 105 Å². The summed E-state index contributed by atoms with van der Waals surface area (Å²) in [5.74, 6) is 0. The van der Waals surface area contributed by atoms with Crippen molar-refractivity contribution in [2.75, 3.05) is 0 Å². The highest BCUT2D eigenvalue weighted by Crippen LogP contribution is 2.54. The molecule has 1 heterocycles. The Bertz CT molecular complexity index is 390. The lowest BCUT2D eigenvalue weighted by molar-refractivity contribution is 0.280. The second-order valence-corrected chi connectivity index (χ2v) is 22.8. The van der Waals surface area contributed by atoms with Gasteiger partial charge in [0.15, 0.2) is 0 Å². The van der Waals surface area contributed by atoms with Crippen LogP contribution in [0.5, 0.6) is 0 Å². The van der Waals surface area contributed by atoms with E-state index < -0.39 is 16.1 Å². The average molecular weight is 394 g/mol. The lowest BCUT2D eigenvalue weighted by Gasteiger charge is -2.65. The lowest BCUT2D eigenvalue weighted by atomic mass is 9.14. The van der Waals surface area contributed by atoms with E-state index in [1.165, 1.54) is 0 Å². The Morgan fingerprint density at radius 2 is 0.692 bits per heavy atom. The largest absolute Gasteiger partial charge is 0.339 e. The van der Waals surface area contributed by atoms with Crippen molar-refractivity contribution < 1.29 is 0 Å². The standard InChI is InChI=1S/C20H48B2N2Si2/c1-15(2)23(16(3)4)21-19(25(9,10)11)22(20(21)26(12,13)14)24(17(5)6)18(7)8/h15-20H,1-14H3. The summed E-state index contributed by atoms with van der Waals surface area (Å²) in [6.45, 7) is 36.6. The molecule has 0 amide bonds. The van der Waals surface area contributed by atoms with Crippen LogP contribution in [0.1, 0.15) is 55.4 Å². The molecule has 0 spiro atoms. The minimum Gasteiger partial charge on any atom is -0.339 e. The van der Waals surface area contributed by atoms with Crippen LogP contribution in [-0.4, -0.2) is 63.6 Å². The molecule has 0 unspecified atom stereocenters. The van der Waals surface area contributed by atoms with Crippen molar-refractivity contribution in [1.29, 1.82) is 0 Å². The second-order valence-electron chi connectivity index (χ2n) is 12.0. The molecule has 6 heteroatoms. The van der Waals surface area contributed by atoms with Crippen LogP contribution in [0.4, 0.5) is 0 Å². The molecule has 0 saturated carbocycles. The third kappa shape index (κ3) is 4.90. The number of hydrogen-bond donors (Lipinski definition) is 0. The predicted octanol–water partition coefficient (Wildman–Crippen LogP) is 5.79. The van der Waals surface area contributed by atoms with Crippen LogP contribution in [0.15, 0.2) is 0 Å². The zero-order valence-electron chi connectivity index (χ0n) is 20.5. The van der Waals surface area contributed by atoms with Crippen LogP contribution in [0.3, 0.4) is 0 Å². The summed E-state index contributed by atoms with van der Waals surface area (Å²) >= 11 is 0. The number of rotatable bonds is 8. The van der Waals surface area contributed by atoms with Crippen LogP contribution in [0.2, 0.25) is 50.0 Å². The lowest BCUT2D eigenvalue weighted by Crippen LogP contribution is -2.80. The number of nitrogens with zero attached hydrogens (tertiary/aromatic N) is 2. The van der Waals surface area contributed by atoms with Gasteiger partial charge >= 0.3 is 0 Å². The van der Waals surface area contributed by atoms with Gasteiger partial charge in [0.1, 0.15) is 0 Å². The summed E-state index contributed by atoms with van der Waals surface area (Å²) in [4.78, 5) is 5.78. The molecule has 0 N–H and O–H groups in total. The van der Waals surface area contributed by atoms with Gasteiger partial charge in [-0.2, -0.15) is 0 Å². The molecule has 0 atom stereocenters. The third-order valence-electron chi connectivity index (χ3n) is 6.55. The van der Waals surface area contributed by atoms with Gasteiger partial charge in [-0.25, -0.2) is 0 Å². The summed E-state index contributed by atoms with van der Waals surface area (Å²) in [6.07, 6.45) is 0. The van der Waals surface area contributed by atoms with E-state index in [0.717, 1.165) is 24.4 Å². The van der Waals surface area contributed by atoms with Crippen LogP contribution in [-0.2, 0) is 0 Å². The summed E-state index contributed by atoms with van der Waals surface area (Å²) < 4.78 is 0. The molecule has 0 radical (unpaired) electrons. The van der Waals surface area contributed by atoms with Gasteiger partial charge in [-0.15, -0.1) is 0 Å². The van der Waals surface area contributed by atoms with Crippen molar-refractivity contribution in [2.24, 2.45) is 0 Å². The molecule has 0 aromatic carbocycles. The normalized spacial score (nSPS) is 22.6. The molecule has 26 heavy (non-hydrogen) atoms. The Morgan fingerprint density at radius 1 is 0.500 bits per heavy atom. The molecular formula is C20H48B2N2Si2. The van der Waals surface area contributed by atoms with Gasteiger partial charge in [-0.05, 0) is 24.2 Å². The van der Waals surface area contributed by atoms with Gasteiger partial charge in [0.2, 0.25) is 13.7 Å².